The Labute approximate surface area is 123 Å². The first-order valence-electron chi connectivity index (χ1n) is 5.84. The van der Waals surface area contributed by atoms with Gasteiger partial charge in [-0.1, -0.05) is 12.1 Å². The Balaban J connectivity index is 2.06. The van der Waals surface area contributed by atoms with Gasteiger partial charge in [-0.15, -0.1) is 0 Å². The highest BCUT2D eigenvalue weighted by Gasteiger charge is 2.15. The monoisotopic (exact) mass is 337 g/mol. The normalized spacial score (nSPS) is 10.3. The molecule has 0 bridgehead atoms. The molecule has 0 fully saturated rings. The van der Waals surface area contributed by atoms with Gasteiger partial charge in [-0.3, -0.25) is 4.79 Å². The first-order chi connectivity index (χ1) is 9.49. The molecule has 1 amide bonds. The topological polar surface area (TPSA) is 79.5 Å². The zero-order valence-electron chi connectivity index (χ0n) is 10.6. The van der Waals surface area contributed by atoms with E-state index < -0.39 is 5.97 Å². The van der Waals surface area contributed by atoms with Crippen molar-refractivity contribution in [1.29, 1.82) is 0 Å². The van der Waals surface area contributed by atoms with Crippen molar-refractivity contribution in [3.63, 3.8) is 0 Å². The fourth-order valence-electron chi connectivity index (χ4n) is 1.75. The van der Waals surface area contributed by atoms with Gasteiger partial charge in [0.1, 0.15) is 17.1 Å². The maximum atomic E-state index is 12.0. The summed E-state index contributed by atoms with van der Waals surface area (Å²) in [6.07, 6.45) is 0. The molecule has 5 nitrogen and oxygen atoms in total. The van der Waals surface area contributed by atoms with Gasteiger partial charge in [0.25, 0.3) is 5.91 Å². The molecule has 0 aliphatic rings. The Hall–Kier alpha value is -2.08. The number of aromatic carboxylic acids is 1. The second-order valence-electron chi connectivity index (χ2n) is 4.15. The van der Waals surface area contributed by atoms with Gasteiger partial charge in [-0.05, 0) is 41.1 Å². The molecular weight excluding hydrogens is 326 g/mol. The Morgan fingerprint density at radius 1 is 1.30 bits per heavy atom. The Bertz CT molecular complexity index is 663. The van der Waals surface area contributed by atoms with E-state index in [9.17, 15) is 9.59 Å². The van der Waals surface area contributed by atoms with Crippen molar-refractivity contribution in [3.8, 4) is 0 Å². The number of rotatable bonds is 4. The van der Waals surface area contributed by atoms with Crippen LogP contribution in [0.2, 0.25) is 0 Å². The van der Waals surface area contributed by atoms with Crippen molar-refractivity contribution in [1.82, 2.24) is 5.32 Å². The van der Waals surface area contributed by atoms with Gasteiger partial charge in [0.2, 0.25) is 0 Å². The fraction of sp³-hybridized carbons (Fsp3) is 0.143. The summed E-state index contributed by atoms with van der Waals surface area (Å²) in [5, 5.41) is 11.6. The molecule has 0 atom stereocenters. The number of amides is 1. The summed E-state index contributed by atoms with van der Waals surface area (Å²) in [5.41, 5.74) is 0.615. The van der Waals surface area contributed by atoms with E-state index >= 15 is 0 Å². The predicted molar refractivity (Wildman–Crippen MR) is 75.7 cm³/mol. The number of aryl methyl sites for hydroxylation is 1. The minimum absolute atomic E-state index is 0.107. The van der Waals surface area contributed by atoms with Gasteiger partial charge in [0, 0.05) is 4.47 Å². The average Bonchev–Trinajstić information content (AvgIpc) is 2.78. The number of hydrogen-bond donors (Lipinski definition) is 2. The van der Waals surface area contributed by atoms with Gasteiger partial charge >= 0.3 is 5.97 Å². The van der Waals surface area contributed by atoms with Crippen LogP contribution in [0.4, 0.5) is 0 Å². The molecule has 1 aromatic heterocycles. The summed E-state index contributed by atoms with van der Waals surface area (Å²) < 4.78 is 5.98. The van der Waals surface area contributed by atoms with Gasteiger partial charge < -0.3 is 14.8 Å². The molecule has 2 N–H and O–H groups in total. The predicted octanol–water partition coefficient (Wildman–Crippen LogP) is 2.98. The molecule has 0 spiro atoms. The highest BCUT2D eigenvalue weighted by molar-refractivity contribution is 9.10. The zero-order valence-corrected chi connectivity index (χ0v) is 12.2. The molecule has 0 saturated heterocycles. The number of halogens is 1. The maximum Gasteiger partial charge on any atom is 0.339 e. The Kier molecular flexibility index (Phi) is 4.24. The highest BCUT2D eigenvalue weighted by Crippen LogP contribution is 2.17. The lowest BCUT2D eigenvalue weighted by atomic mass is 10.2. The van der Waals surface area contributed by atoms with Crippen molar-refractivity contribution in [2.75, 3.05) is 0 Å². The van der Waals surface area contributed by atoms with Crippen LogP contribution in [-0.2, 0) is 6.54 Å². The van der Waals surface area contributed by atoms with Gasteiger partial charge in [0.15, 0.2) is 0 Å². The summed E-state index contributed by atoms with van der Waals surface area (Å²) in [7, 11) is 0. The van der Waals surface area contributed by atoms with Gasteiger partial charge in [-0.2, -0.15) is 0 Å². The zero-order chi connectivity index (χ0) is 14.7. The quantitative estimate of drug-likeness (QED) is 0.898. The van der Waals surface area contributed by atoms with E-state index in [4.69, 9.17) is 9.52 Å². The number of carbonyl (C=O) groups is 2. The summed E-state index contributed by atoms with van der Waals surface area (Å²) >= 11 is 3.30. The van der Waals surface area contributed by atoms with Crippen LogP contribution in [0.3, 0.4) is 0 Å². The molecular formula is C14H12BrNO4. The third-order valence-corrected chi connectivity index (χ3v) is 3.43. The largest absolute Gasteiger partial charge is 0.478 e. The van der Waals surface area contributed by atoms with Crippen molar-refractivity contribution >= 4 is 27.8 Å². The van der Waals surface area contributed by atoms with Crippen LogP contribution >= 0.6 is 15.9 Å². The lowest BCUT2D eigenvalue weighted by Crippen LogP contribution is -2.22. The lowest BCUT2D eigenvalue weighted by Gasteiger charge is -2.04. The van der Waals surface area contributed by atoms with E-state index in [0.717, 1.165) is 0 Å². The van der Waals surface area contributed by atoms with Crippen molar-refractivity contribution in [2.24, 2.45) is 0 Å². The molecule has 104 valence electrons. The van der Waals surface area contributed by atoms with Crippen LogP contribution in [0.5, 0.6) is 0 Å². The number of carbonyl (C=O) groups excluding carboxylic acids is 1. The van der Waals surface area contributed by atoms with E-state index in [0.29, 0.717) is 21.6 Å². The summed E-state index contributed by atoms with van der Waals surface area (Å²) in [6.45, 7) is 1.71. The van der Waals surface area contributed by atoms with E-state index in [-0.39, 0.29) is 18.0 Å². The van der Waals surface area contributed by atoms with Gasteiger partial charge in [0.05, 0.1) is 12.1 Å². The molecule has 20 heavy (non-hydrogen) atoms. The average molecular weight is 338 g/mol. The third kappa shape index (κ3) is 3.08. The fourth-order valence-corrected chi connectivity index (χ4v) is 2.22. The van der Waals surface area contributed by atoms with Crippen molar-refractivity contribution in [2.45, 2.75) is 13.5 Å². The standard InChI is InChI=1S/C14H12BrNO4/c1-8-11(14(18)19)6-9(20-8)7-16-13(17)10-4-2-3-5-12(10)15/h2-6H,7H2,1H3,(H,16,17)(H,18,19). The highest BCUT2D eigenvalue weighted by atomic mass is 79.9. The number of furan rings is 1. The lowest BCUT2D eigenvalue weighted by molar-refractivity contribution is 0.0694. The maximum absolute atomic E-state index is 12.0. The number of benzene rings is 1. The van der Waals surface area contributed by atoms with Crippen LogP contribution in [-0.4, -0.2) is 17.0 Å². The number of carboxylic acid groups (broad SMARTS) is 1. The second-order valence-corrected chi connectivity index (χ2v) is 5.00. The SMILES string of the molecule is Cc1oc(CNC(=O)c2ccccc2Br)cc1C(=O)O. The summed E-state index contributed by atoms with van der Waals surface area (Å²) in [4.78, 5) is 22.9. The first kappa shape index (κ1) is 14.3. The molecule has 0 unspecified atom stereocenters. The minimum Gasteiger partial charge on any atom is -0.478 e. The summed E-state index contributed by atoms with van der Waals surface area (Å²) in [6, 6.07) is 8.46. The second kappa shape index (κ2) is 5.92. The third-order valence-electron chi connectivity index (χ3n) is 2.74. The van der Waals surface area contributed by atoms with E-state index in [1.54, 1.807) is 25.1 Å². The number of hydrogen-bond acceptors (Lipinski definition) is 3. The summed E-state index contributed by atoms with van der Waals surface area (Å²) in [5.74, 6) is -0.582. The van der Waals surface area contributed by atoms with E-state index in [1.807, 2.05) is 6.07 Å². The van der Waals surface area contributed by atoms with Crippen molar-refractivity contribution in [3.05, 3.63) is 57.5 Å². The van der Waals surface area contributed by atoms with Crippen LogP contribution in [0.25, 0.3) is 0 Å². The first-order valence-corrected chi connectivity index (χ1v) is 6.63. The Morgan fingerprint density at radius 3 is 2.60 bits per heavy atom. The molecule has 1 aromatic carbocycles. The molecule has 2 rings (SSSR count). The van der Waals surface area contributed by atoms with Crippen LogP contribution < -0.4 is 5.32 Å². The molecule has 0 saturated carbocycles. The van der Waals surface area contributed by atoms with Crippen LogP contribution in [0, 0.1) is 6.92 Å². The Morgan fingerprint density at radius 2 is 2.00 bits per heavy atom. The van der Waals surface area contributed by atoms with Crippen LogP contribution in [0.15, 0.2) is 39.2 Å². The smallest absolute Gasteiger partial charge is 0.339 e. The molecule has 2 aromatic rings. The minimum atomic E-state index is -1.05. The number of nitrogens with one attached hydrogen (secondary N) is 1. The molecule has 0 aliphatic heterocycles. The number of carboxylic acids is 1. The van der Waals surface area contributed by atoms with Crippen molar-refractivity contribution < 1.29 is 19.1 Å². The molecule has 6 heteroatoms. The molecule has 1 heterocycles. The van der Waals surface area contributed by atoms with Crippen LogP contribution in [0.1, 0.15) is 32.2 Å². The van der Waals surface area contributed by atoms with E-state index in [2.05, 4.69) is 21.2 Å². The molecule has 0 radical (unpaired) electrons. The molecule has 0 aliphatic carbocycles. The van der Waals surface area contributed by atoms with E-state index in [1.165, 1.54) is 6.07 Å². The van der Waals surface area contributed by atoms with Gasteiger partial charge in [-0.25, -0.2) is 4.79 Å².